The molecule has 0 N–H and O–H groups in total. The Bertz CT molecular complexity index is 480. The summed E-state index contributed by atoms with van der Waals surface area (Å²) in [4.78, 5) is 0. The fourth-order valence-electron chi connectivity index (χ4n) is 1.44. The van der Waals surface area contributed by atoms with E-state index < -0.39 is 11.7 Å². The van der Waals surface area contributed by atoms with E-state index in [1.54, 1.807) is 0 Å². The van der Waals surface area contributed by atoms with Gasteiger partial charge in [0.05, 0.1) is 16.7 Å². The average Bonchev–Trinajstić information content (AvgIpc) is 2.34. The molecular formula is C13H11ClF3N. The Morgan fingerprint density at radius 1 is 1.28 bits per heavy atom. The molecule has 0 fully saturated rings. The highest BCUT2D eigenvalue weighted by Crippen LogP contribution is 2.31. The van der Waals surface area contributed by atoms with E-state index in [1.165, 1.54) is 12.1 Å². The van der Waals surface area contributed by atoms with Gasteiger partial charge in [-0.15, -0.1) is 0 Å². The number of benzene rings is 1. The van der Waals surface area contributed by atoms with Gasteiger partial charge in [-0.1, -0.05) is 37.1 Å². The molecule has 0 radical (unpaired) electrons. The highest BCUT2D eigenvalue weighted by Gasteiger charge is 2.30. The molecule has 0 aromatic heterocycles. The Morgan fingerprint density at radius 2 is 1.83 bits per heavy atom. The van der Waals surface area contributed by atoms with Crippen LogP contribution in [0.1, 0.15) is 30.9 Å². The SMILES string of the molecule is CCCC(C#N)=C(Cl)c1ccc(C(F)(F)F)cc1. The summed E-state index contributed by atoms with van der Waals surface area (Å²) in [7, 11) is 0. The lowest BCUT2D eigenvalue weighted by Crippen LogP contribution is -2.04. The number of nitriles is 1. The Kier molecular flexibility index (Phi) is 4.80. The van der Waals surface area contributed by atoms with Crippen LogP contribution in [0.5, 0.6) is 0 Å². The zero-order valence-electron chi connectivity index (χ0n) is 9.68. The van der Waals surface area contributed by atoms with Gasteiger partial charge in [0.1, 0.15) is 0 Å². The summed E-state index contributed by atoms with van der Waals surface area (Å²) in [5, 5.41) is 9.12. The summed E-state index contributed by atoms with van der Waals surface area (Å²) in [6.45, 7) is 1.90. The number of allylic oxidation sites excluding steroid dienone is 1. The first-order chi connectivity index (χ1) is 8.40. The maximum atomic E-state index is 12.4. The van der Waals surface area contributed by atoms with E-state index in [9.17, 15) is 13.2 Å². The minimum atomic E-state index is -4.36. The van der Waals surface area contributed by atoms with Gasteiger partial charge in [-0.3, -0.25) is 0 Å². The maximum absolute atomic E-state index is 12.4. The third kappa shape index (κ3) is 3.51. The fraction of sp³-hybridized carbons (Fsp3) is 0.308. The molecule has 18 heavy (non-hydrogen) atoms. The molecule has 0 aliphatic rings. The molecule has 96 valence electrons. The van der Waals surface area contributed by atoms with Crippen molar-refractivity contribution >= 4 is 16.6 Å². The molecule has 1 aromatic carbocycles. The Labute approximate surface area is 108 Å². The summed E-state index contributed by atoms with van der Waals surface area (Å²) in [6.07, 6.45) is -3.10. The lowest BCUT2D eigenvalue weighted by molar-refractivity contribution is -0.137. The predicted octanol–water partition coefficient (Wildman–Crippen LogP) is 4.98. The number of rotatable bonds is 3. The van der Waals surface area contributed by atoms with Crippen molar-refractivity contribution in [3.63, 3.8) is 0 Å². The first-order valence-electron chi connectivity index (χ1n) is 5.36. The van der Waals surface area contributed by atoms with E-state index in [2.05, 4.69) is 0 Å². The van der Waals surface area contributed by atoms with Crippen molar-refractivity contribution in [1.82, 2.24) is 0 Å². The first kappa shape index (κ1) is 14.6. The van der Waals surface area contributed by atoms with Gasteiger partial charge < -0.3 is 0 Å². The van der Waals surface area contributed by atoms with Gasteiger partial charge in [0.2, 0.25) is 0 Å². The van der Waals surface area contributed by atoms with E-state index in [4.69, 9.17) is 16.9 Å². The van der Waals surface area contributed by atoms with Crippen molar-refractivity contribution in [3.8, 4) is 6.07 Å². The molecule has 0 saturated carbocycles. The van der Waals surface area contributed by atoms with Gasteiger partial charge >= 0.3 is 6.18 Å². The van der Waals surface area contributed by atoms with Crippen LogP contribution in [0.15, 0.2) is 29.8 Å². The van der Waals surface area contributed by atoms with Crippen LogP contribution in [0.3, 0.4) is 0 Å². The molecule has 0 unspecified atom stereocenters. The smallest absolute Gasteiger partial charge is 0.193 e. The molecule has 0 atom stereocenters. The molecule has 0 saturated heterocycles. The molecule has 1 nitrogen and oxygen atoms in total. The van der Waals surface area contributed by atoms with Crippen LogP contribution in [-0.2, 0) is 6.18 Å². The maximum Gasteiger partial charge on any atom is 0.416 e. The fourth-order valence-corrected chi connectivity index (χ4v) is 1.71. The number of alkyl halides is 3. The molecular weight excluding hydrogens is 263 g/mol. The topological polar surface area (TPSA) is 23.8 Å². The first-order valence-corrected chi connectivity index (χ1v) is 5.74. The molecule has 0 spiro atoms. The van der Waals surface area contributed by atoms with Crippen molar-refractivity contribution in [3.05, 3.63) is 41.0 Å². The van der Waals surface area contributed by atoms with Crippen LogP contribution < -0.4 is 0 Å². The Hall–Kier alpha value is -1.47. The quantitative estimate of drug-likeness (QED) is 0.713. The minimum absolute atomic E-state index is 0.216. The van der Waals surface area contributed by atoms with E-state index in [-0.39, 0.29) is 5.03 Å². The van der Waals surface area contributed by atoms with Gasteiger partial charge in [-0.05, 0) is 24.1 Å². The second-order valence-electron chi connectivity index (χ2n) is 3.73. The van der Waals surface area contributed by atoms with Crippen LogP contribution >= 0.6 is 11.6 Å². The van der Waals surface area contributed by atoms with Gasteiger partial charge in [0.15, 0.2) is 0 Å². The number of halogens is 4. The lowest BCUT2D eigenvalue weighted by atomic mass is 10.1. The molecule has 5 heteroatoms. The monoisotopic (exact) mass is 273 g/mol. The van der Waals surface area contributed by atoms with Crippen LogP contribution in [0.2, 0.25) is 0 Å². The summed E-state index contributed by atoms with van der Waals surface area (Å²) in [6, 6.07) is 6.44. The van der Waals surface area contributed by atoms with Crippen molar-refractivity contribution in [2.24, 2.45) is 0 Å². The summed E-state index contributed by atoms with van der Waals surface area (Å²) < 4.78 is 37.1. The third-order valence-corrected chi connectivity index (χ3v) is 2.81. The molecule has 0 heterocycles. The van der Waals surface area contributed by atoms with Crippen LogP contribution in [0.25, 0.3) is 5.03 Å². The van der Waals surface area contributed by atoms with Crippen LogP contribution in [0.4, 0.5) is 13.2 Å². The second kappa shape index (κ2) is 5.92. The Morgan fingerprint density at radius 3 is 2.22 bits per heavy atom. The highest BCUT2D eigenvalue weighted by atomic mass is 35.5. The van der Waals surface area contributed by atoms with Crippen LogP contribution in [0, 0.1) is 11.3 Å². The third-order valence-electron chi connectivity index (χ3n) is 2.37. The van der Waals surface area contributed by atoms with Crippen LogP contribution in [-0.4, -0.2) is 0 Å². The second-order valence-corrected chi connectivity index (χ2v) is 4.11. The van der Waals surface area contributed by atoms with E-state index in [0.717, 1.165) is 18.6 Å². The highest BCUT2D eigenvalue weighted by molar-refractivity contribution is 6.49. The Balaban J connectivity index is 3.09. The van der Waals surface area contributed by atoms with E-state index >= 15 is 0 Å². The molecule has 0 aliphatic carbocycles. The van der Waals surface area contributed by atoms with E-state index in [1.807, 2.05) is 13.0 Å². The van der Waals surface area contributed by atoms with Crippen molar-refractivity contribution < 1.29 is 13.2 Å². The molecule has 0 amide bonds. The number of nitrogens with zero attached hydrogens (tertiary/aromatic N) is 1. The largest absolute Gasteiger partial charge is 0.416 e. The zero-order valence-corrected chi connectivity index (χ0v) is 10.4. The van der Waals surface area contributed by atoms with E-state index in [0.29, 0.717) is 17.6 Å². The van der Waals surface area contributed by atoms with Gasteiger partial charge in [0, 0.05) is 5.57 Å². The standard InChI is InChI=1S/C13H11ClF3N/c1-2-3-10(8-18)12(14)9-4-6-11(7-5-9)13(15,16)17/h4-7H,2-3H2,1H3. The normalized spacial score (nSPS) is 12.9. The minimum Gasteiger partial charge on any atom is -0.193 e. The number of hydrogen-bond donors (Lipinski definition) is 0. The summed E-state index contributed by atoms with van der Waals surface area (Å²) in [5.41, 5.74) is 0.0818. The van der Waals surface area contributed by atoms with Crippen molar-refractivity contribution in [2.75, 3.05) is 0 Å². The van der Waals surface area contributed by atoms with Gasteiger partial charge in [-0.25, -0.2) is 0 Å². The zero-order chi connectivity index (χ0) is 13.8. The molecule has 1 rings (SSSR count). The van der Waals surface area contributed by atoms with Gasteiger partial charge in [0.25, 0.3) is 0 Å². The molecule has 0 aliphatic heterocycles. The molecule has 0 bridgehead atoms. The summed E-state index contributed by atoms with van der Waals surface area (Å²) in [5.74, 6) is 0. The summed E-state index contributed by atoms with van der Waals surface area (Å²) >= 11 is 5.99. The van der Waals surface area contributed by atoms with Gasteiger partial charge in [-0.2, -0.15) is 18.4 Å². The van der Waals surface area contributed by atoms with Crippen molar-refractivity contribution in [1.29, 1.82) is 5.26 Å². The lowest BCUT2D eigenvalue weighted by Gasteiger charge is -2.08. The average molecular weight is 274 g/mol. The molecule has 1 aromatic rings. The number of hydrogen-bond acceptors (Lipinski definition) is 1. The van der Waals surface area contributed by atoms with Crippen molar-refractivity contribution in [2.45, 2.75) is 25.9 Å². The predicted molar refractivity (Wildman–Crippen MR) is 64.7 cm³/mol.